The Morgan fingerprint density at radius 1 is 1.32 bits per heavy atom. The molecule has 1 atom stereocenters. The van der Waals surface area contributed by atoms with E-state index >= 15 is 0 Å². The second-order valence-corrected chi connectivity index (χ2v) is 6.24. The molecule has 2 fully saturated rings. The first-order valence-corrected chi connectivity index (χ1v) is 7.90. The average molecular weight is 305 g/mol. The van der Waals surface area contributed by atoms with Gasteiger partial charge in [-0.2, -0.15) is 0 Å². The minimum atomic E-state index is -0.276. The van der Waals surface area contributed by atoms with Crippen LogP contribution in [0.2, 0.25) is 0 Å². The summed E-state index contributed by atoms with van der Waals surface area (Å²) in [7, 11) is 0. The molecule has 0 saturated carbocycles. The van der Waals surface area contributed by atoms with Crippen LogP contribution in [-0.4, -0.2) is 48.0 Å². The highest BCUT2D eigenvalue weighted by molar-refractivity contribution is 5.69. The van der Waals surface area contributed by atoms with Gasteiger partial charge >= 0.3 is 6.09 Å². The van der Waals surface area contributed by atoms with Crippen LogP contribution in [0.4, 0.5) is 4.79 Å². The molecule has 5 heteroatoms. The van der Waals surface area contributed by atoms with Gasteiger partial charge in [0.25, 0.3) is 0 Å². The highest BCUT2D eigenvalue weighted by Gasteiger charge is 2.49. The van der Waals surface area contributed by atoms with Crippen molar-refractivity contribution in [2.45, 2.75) is 31.4 Å². The molecule has 22 heavy (non-hydrogen) atoms. The molecule has 0 aromatic heterocycles. The average Bonchev–Trinajstić information content (AvgIpc) is 2.92. The molecule has 2 heterocycles. The second-order valence-electron chi connectivity index (χ2n) is 6.24. The van der Waals surface area contributed by atoms with E-state index in [2.05, 4.69) is 0 Å². The topological polar surface area (TPSA) is 59.0 Å². The van der Waals surface area contributed by atoms with Crippen LogP contribution in [0.15, 0.2) is 30.3 Å². The summed E-state index contributed by atoms with van der Waals surface area (Å²) in [5.74, 6) is 0.141. The van der Waals surface area contributed by atoms with Gasteiger partial charge in [0.1, 0.15) is 6.61 Å². The lowest BCUT2D eigenvalue weighted by Crippen LogP contribution is -2.50. The van der Waals surface area contributed by atoms with Gasteiger partial charge < -0.3 is 19.5 Å². The van der Waals surface area contributed by atoms with Gasteiger partial charge in [-0.05, 0) is 24.8 Å². The number of likely N-dealkylation sites (tertiary alicyclic amines) is 1. The molecular weight excluding hydrogens is 282 g/mol. The lowest BCUT2D eigenvalue weighted by molar-refractivity contribution is -0.0103. The van der Waals surface area contributed by atoms with E-state index in [1.54, 1.807) is 0 Å². The lowest BCUT2D eigenvalue weighted by atomic mass is 9.85. The summed E-state index contributed by atoms with van der Waals surface area (Å²) < 4.78 is 10.9. The molecule has 2 aliphatic rings. The van der Waals surface area contributed by atoms with Crippen molar-refractivity contribution in [3.8, 4) is 0 Å². The SMILES string of the molecule is O=C(OCc1ccccc1)N1CC(CO)CC12CCOCC2. The molecule has 1 N–H and O–H groups in total. The molecule has 0 aliphatic carbocycles. The predicted molar refractivity (Wildman–Crippen MR) is 81.3 cm³/mol. The third-order valence-electron chi connectivity index (χ3n) is 4.79. The van der Waals surface area contributed by atoms with Gasteiger partial charge in [-0.15, -0.1) is 0 Å². The molecule has 5 nitrogen and oxygen atoms in total. The van der Waals surface area contributed by atoms with Gasteiger partial charge in [-0.1, -0.05) is 30.3 Å². The Morgan fingerprint density at radius 3 is 2.73 bits per heavy atom. The van der Waals surface area contributed by atoms with Crippen LogP contribution in [0.1, 0.15) is 24.8 Å². The zero-order valence-corrected chi connectivity index (χ0v) is 12.7. The number of rotatable bonds is 3. The molecule has 2 saturated heterocycles. The predicted octanol–water partition coefficient (Wildman–Crippen LogP) is 2.19. The first kappa shape index (κ1) is 15.3. The number of nitrogens with zero attached hydrogens (tertiary/aromatic N) is 1. The third kappa shape index (κ3) is 3.10. The largest absolute Gasteiger partial charge is 0.445 e. The number of aliphatic hydroxyl groups is 1. The molecule has 120 valence electrons. The number of aliphatic hydroxyl groups excluding tert-OH is 1. The van der Waals surface area contributed by atoms with Crippen molar-refractivity contribution in [2.75, 3.05) is 26.4 Å². The Balaban J connectivity index is 1.66. The number of carbonyl (C=O) groups is 1. The Labute approximate surface area is 130 Å². The second kappa shape index (κ2) is 6.67. The zero-order valence-electron chi connectivity index (χ0n) is 12.7. The van der Waals surface area contributed by atoms with Gasteiger partial charge in [-0.25, -0.2) is 4.79 Å². The molecular formula is C17H23NO4. The fraction of sp³-hybridized carbons (Fsp3) is 0.588. The molecule has 3 rings (SSSR count). The first-order valence-electron chi connectivity index (χ1n) is 7.90. The quantitative estimate of drug-likeness (QED) is 0.930. The molecule has 1 aromatic rings. The van der Waals surface area contributed by atoms with E-state index in [9.17, 15) is 9.90 Å². The normalized spacial score (nSPS) is 23.7. The van der Waals surface area contributed by atoms with Crippen molar-refractivity contribution >= 4 is 6.09 Å². The van der Waals surface area contributed by atoms with Crippen molar-refractivity contribution in [2.24, 2.45) is 5.92 Å². The molecule has 1 spiro atoms. The number of amides is 1. The number of hydrogen-bond acceptors (Lipinski definition) is 4. The summed E-state index contributed by atoms with van der Waals surface area (Å²) in [6.45, 7) is 2.31. The first-order chi connectivity index (χ1) is 10.7. The molecule has 0 radical (unpaired) electrons. The van der Waals surface area contributed by atoms with Crippen LogP contribution in [0.3, 0.4) is 0 Å². The minimum absolute atomic E-state index is 0.116. The van der Waals surface area contributed by atoms with Crippen LogP contribution in [-0.2, 0) is 16.1 Å². The maximum atomic E-state index is 12.5. The third-order valence-corrected chi connectivity index (χ3v) is 4.79. The van der Waals surface area contributed by atoms with Gasteiger partial charge in [0.05, 0.1) is 5.54 Å². The minimum Gasteiger partial charge on any atom is -0.445 e. The van der Waals surface area contributed by atoms with Crippen LogP contribution in [0, 0.1) is 5.92 Å². The van der Waals surface area contributed by atoms with E-state index < -0.39 is 0 Å². The molecule has 1 unspecified atom stereocenters. The van der Waals surface area contributed by atoms with E-state index in [0.29, 0.717) is 19.8 Å². The highest BCUT2D eigenvalue weighted by atomic mass is 16.6. The summed E-state index contributed by atoms with van der Waals surface area (Å²) in [5, 5.41) is 9.48. The summed E-state index contributed by atoms with van der Waals surface area (Å²) in [6, 6.07) is 9.69. The summed E-state index contributed by atoms with van der Waals surface area (Å²) in [4.78, 5) is 14.4. The number of carbonyl (C=O) groups excluding carboxylic acids is 1. The van der Waals surface area contributed by atoms with Gasteiger partial charge in [0, 0.05) is 32.3 Å². The van der Waals surface area contributed by atoms with Crippen LogP contribution < -0.4 is 0 Å². The summed E-state index contributed by atoms with van der Waals surface area (Å²) in [6.07, 6.45) is 2.21. The number of hydrogen-bond donors (Lipinski definition) is 1. The van der Waals surface area contributed by atoms with Crippen molar-refractivity contribution in [3.05, 3.63) is 35.9 Å². The van der Waals surface area contributed by atoms with Crippen LogP contribution in [0.25, 0.3) is 0 Å². The van der Waals surface area contributed by atoms with E-state index in [4.69, 9.17) is 9.47 Å². The van der Waals surface area contributed by atoms with E-state index in [1.165, 1.54) is 0 Å². The maximum Gasteiger partial charge on any atom is 0.410 e. The fourth-order valence-electron chi connectivity index (χ4n) is 3.58. The zero-order chi connectivity index (χ0) is 15.4. The summed E-state index contributed by atoms with van der Waals surface area (Å²) >= 11 is 0. The van der Waals surface area contributed by atoms with Crippen molar-refractivity contribution in [3.63, 3.8) is 0 Å². The standard InChI is InChI=1S/C17H23NO4/c19-12-15-10-17(6-8-21-9-7-17)18(11-15)16(20)22-13-14-4-2-1-3-5-14/h1-5,15,19H,6-13H2. The molecule has 1 aromatic carbocycles. The smallest absolute Gasteiger partial charge is 0.410 e. The number of benzene rings is 1. The highest BCUT2D eigenvalue weighted by Crippen LogP contribution is 2.40. The Bertz CT molecular complexity index is 499. The Hall–Kier alpha value is -1.59. The Kier molecular flexibility index (Phi) is 4.64. The van der Waals surface area contributed by atoms with Crippen molar-refractivity contribution < 1.29 is 19.4 Å². The van der Waals surface area contributed by atoms with E-state index in [1.807, 2.05) is 35.2 Å². The monoisotopic (exact) mass is 305 g/mol. The molecule has 1 amide bonds. The maximum absolute atomic E-state index is 12.5. The van der Waals surface area contributed by atoms with Gasteiger partial charge in [-0.3, -0.25) is 0 Å². The van der Waals surface area contributed by atoms with Gasteiger partial charge in [0.2, 0.25) is 0 Å². The van der Waals surface area contributed by atoms with Crippen LogP contribution >= 0.6 is 0 Å². The molecule has 0 bridgehead atoms. The fourth-order valence-corrected chi connectivity index (χ4v) is 3.58. The summed E-state index contributed by atoms with van der Waals surface area (Å²) in [5.41, 5.74) is 0.786. The van der Waals surface area contributed by atoms with Crippen LogP contribution in [0.5, 0.6) is 0 Å². The van der Waals surface area contributed by atoms with Gasteiger partial charge in [0.15, 0.2) is 0 Å². The van der Waals surface area contributed by atoms with Crippen molar-refractivity contribution in [1.82, 2.24) is 4.90 Å². The number of ether oxygens (including phenoxy) is 2. The van der Waals surface area contributed by atoms with E-state index in [-0.39, 0.29) is 30.8 Å². The van der Waals surface area contributed by atoms with Crippen molar-refractivity contribution in [1.29, 1.82) is 0 Å². The Morgan fingerprint density at radius 2 is 2.05 bits per heavy atom. The molecule has 2 aliphatic heterocycles. The van der Waals surface area contributed by atoms with E-state index in [0.717, 1.165) is 24.8 Å². The lowest BCUT2D eigenvalue weighted by Gasteiger charge is -2.40.